The Morgan fingerprint density at radius 1 is 1.12 bits per heavy atom. The van der Waals surface area contributed by atoms with Crippen molar-refractivity contribution in [3.8, 4) is 0 Å². The van der Waals surface area contributed by atoms with Crippen LogP contribution in [0.4, 0.5) is 0 Å². The van der Waals surface area contributed by atoms with E-state index in [9.17, 15) is 0 Å². The maximum absolute atomic E-state index is 6.55. The van der Waals surface area contributed by atoms with E-state index in [0.717, 1.165) is 12.3 Å². The van der Waals surface area contributed by atoms with Gasteiger partial charge in [0.15, 0.2) is 0 Å². The van der Waals surface area contributed by atoms with E-state index in [0.29, 0.717) is 5.38 Å². The first-order chi connectivity index (χ1) is 7.86. The van der Waals surface area contributed by atoms with Crippen LogP contribution < -0.4 is 0 Å². The molecule has 2 heteroatoms. The number of hydrogen-bond donors (Lipinski definition) is 0. The quantitative estimate of drug-likeness (QED) is 0.567. The Balaban J connectivity index is 1.89. The van der Waals surface area contributed by atoms with Gasteiger partial charge in [-0.25, -0.2) is 0 Å². The zero-order chi connectivity index (χ0) is 11.2. The van der Waals surface area contributed by atoms with Gasteiger partial charge >= 0.3 is 0 Å². The molecular weight excluding hydrogens is 218 g/mol. The number of pyridine rings is 1. The maximum Gasteiger partial charge on any atom is 0.0404 e. The van der Waals surface area contributed by atoms with E-state index in [1.54, 1.807) is 0 Å². The molecule has 2 rings (SSSR count). The van der Waals surface area contributed by atoms with Crippen LogP contribution in [-0.2, 0) is 6.42 Å². The third-order valence-electron chi connectivity index (χ3n) is 3.59. The molecule has 0 N–H and O–H groups in total. The van der Waals surface area contributed by atoms with Crippen molar-refractivity contribution in [1.29, 1.82) is 0 Å². The van der Waals surface area contributed by atoms with E-state index in [1.165, 1.54) is 44.1 Å². The molecule has 0 radical (unpaired) electrons. The molecule has 1 fully saturated rings. The van der Waals surface area contributed by atoms with Crippen LogP contribution in [0.25, 0.3) is 0 Å². The van der Waals surface area contributed by atoms with Crippen LogP contribution in [0.2, 0.25) is 0 Å². The molecule has 1 saturated carbocycles. The summed E-state index contributed by atoms with van der Waals surface area (Å²) < 4.78 is 0. The van der Waals surface area contributed by atoms with Gasteiger partial charge in [-0.3, -0.25) is 4.98 Å². The zero-order valence-corrected chi connectivity index (χ0v) is 10.5. The molecule has 88 valence electrons. The Morgan fingerprint density at radius 3 is 2.38 bits per heavy atom. The molecule has 1 nitrogen and oxygen atoms in total. The van der Waals surface area contributed by atoms with Crippen LogP contribution in [0.1, 0.15) is 44.1 Å². The normalized spacial score (nSPS) is 20.3. The third kappa shape index (κ3) is 3.48. The molecule has 0 aromatic carbocycles. The van der Waals surface area contributed by atoms with E-state index in [-0.39, 0.29) is 0 Å². The number of nitrogens with zero attached hydrogens (tertiary/aromatic N) is 1. The summed E-state index contributed by atoms with van der Waals surface area (Å²) in [5.41, 5.74) is 1.32. The van der Waals surface area contributed by atoms with Crippen molar-refractivity contribution in [2.75, 3.05) is 0 Å². The van der Waals surface area contributed by atoms with E-state index in [1.807, 2.05) is 12.4 Å². The highest BCUT2D eigenvalue weighted by molar-refractivity contribution is 6.20. The van der Waals surface area contributed by atoms with E-state index < -0.39 is 0 Å². The lowest BCUT2D eigenvalue weighted by Gasteiger charge is -2.20. The van der Waals surface area contributed by atoms with Crippen molar-refractivity contribution in [1.82, 2.24) is 4.98 Å². The number of halogens is 1. The maximum atomic E-state index is 6.55. The van der Waals surface area contributed by atoms with Crippen molar-refractivity contribution in [2.45, 2.75) is 50.3 Å². The standard InChI is InChI=1S/C14H20ClN/c15-14(11-12-7-9-16-10-8-12)13-5-3-1-2-4-6-13/h7-10,13-14H,1-6,11H2. The summed E-state index contributed by atoms with van der Waals surface area (Å²) in [5.74, 6) is 0.720. The van der Waals surface area contributed by atoms with Crippen LogP contribution in [0.3, 0.4) is 0 Å². The first-order valence-electron chi connectivity index (χ1n) is 6.39. The molecule has 1 aliphatic carbocycles. The Bertz CT molecular complexity index is 291. The molecule has 0 amide bonds. The van der Waals surface area contributed by atoms with E-state index in [4.69, 9.17) is 11.6 Å². The summed E-state index contributed by atoms with van der Waals surface area (Å²) in [4.78, 5) is 4.04. The number of aromatic nitrogens is 1. The molecule has 0 spiro atoms. The second-order valence-electron chi connectivity index (χ2n) is 4.83. The minimum Gasteiger partial charge on any atom is -0.265 e. The fraction of sp³-hybridized carbons (Fsp3) is 0.643. The molecule has 0 bridgehead atoms. The average molecular weight is 238 g/mol. The number of alkyl halides is 1. The van der Waals surface area contributed by atoms with Crippen molar-refractivity contribution >= 4 is 11.6 Å². The summed E-state index contributed by atoms with van der Waals surface area (Å²) in [6.07, 6.45) is 12.9. The first kappa shape index (κ1) is 11.9. The van der Waals surface area contributed by atoms with Gasteiger partial charge in [-0.15, -0.1) is 11.6 Å². The fourth-order valence-electron chi connectivity index (χ4n) is 2.58. The number of rotatable bonds is 3. The van der Waals surface area contributed by atoms with Gasteiger partial charge in [-0.2, -0.15) is 0 Å². The molecule has 1 aromatic heterocycles. The monoisotopic (exact) mass is 237 g/mol. The van der Waals surface area contributed by atoms with Gasteiger partial charge < -0.3 is 0 Å². The molecule has 1 atom stereocenters. The molecule has 1 aliphatic rings. The second-order valence-corrected chi connectivity index (χ2v) is 5.39. The first-order valence-corrected chi connectivity index (χ1v) is 6.83. The highest BCUT2D eigenvalue weighted by atomic mass is 35.5. The summed E-state index contributed by atoms with van der Waals surface area (Å²) in [7, 11) is 0. The minimum absolute atomic E-state index is 0.306. The van der Waals surface area contributed by atoms with Crippen LogP contribution in [0, 0.1) is 5.92 Å². The lowest BCUT2D eigenvalue weighted by Crippen LogP contribution is -2.17. The number of hydrogen-bond acceptors (Lipinski definition) is 1. The zero-order valence-electron chi connectivity index (χ0n) is 9.74. The predicted molar refractivity (Wildman–Crippen MR) is 68.8 cm³/mol. The van der Waals surface area contributed by atoms with Crippen molar-refractivity contribution < 1.29 is 0 Å². The molecule has 1 heterocycles. The van der Waals surface area contributed by atoms with Gasteiger partial charge in [-0.05, 0) is 42.9 Å². The smallest absolute Gasteiger partial charge is 0.0404 e. The Kier molecular flexibility index (Phi) is 4.65. The van der Waals surface area contributed by atoms with Gasteiger partial charge in [-0.1, -0.05) is 25.7 Å². The molecule has 0 aliphatic heterocycles. The Labute approximate surface area is 103 Å². The average Bonchev–Trinajstić information content (AvgIpc) is 2.59. The molecule has 1 unspecified atom stereocenters. The van der Waals surface area contributed by atoms with Crippen molar-refractivity contribution in [3.63, 3.8) is 0 Å². The largest absolute Gasteiger partial charge is 0.265 e. The summed E-state index contributed by atoms with van der Waals surface area (Å²) >= 11 is 6.55. The summed E-state index contributed by atoms with van der Waals surface area (Å²) in [5, 5.41) is 0.306. The van der Waals surface area contributed by atoms with Gasteiger partial charge in [0.1, 0.15) is 0 Å². The predicted octanol–water partition coefficient (Wildman–Crippen LogP) is 4.20. The van der Waals surface area contributed by atoms with Crippen LogP contribution in [0.5, 0.6) is 0 Å². The third-order valence-corrected chi connectivity index (χ3v) is 4.10. The highest BCUT2D eigenvalue weighted by Crippen LogP contribution is 2.29. The van der Waals surface area contributed by atoms with Gasteiger partial charge in [0, 0.05) is 17.8 Å². The van der Waals surface area contributed by atoms with Crippen molar-refractivity contribution in [3.05, 3.63) is 30.1 Å². The van der Waals surface area contributed by atoms with Gasteiger partial charge in [0.05, 0.1) is 0 Å². The molecule has 0 saturated heterocycles. The van der Waals surface area contributed by atoms with Crippen LogP contribution in [0.15, 0.2) is 24.5 Å². The van der Waals surface area contributed by atoms with E-state index in [2.05, 4.69) is 17.1 Å². The Hall–Kier alpha value is -0.560. The van der Waals surface area contributed by atoms with Crippen LogP contribution >= 0.6 is 11.6 Å². The lowest BCUT2D eigenvalue weighted by molar-refractivity contribution is 0.435. The molecular formula is C14H20ClN. The van der Waals surface area contributed by atoms with Gasteiger partial charge in [0.2, 0.25) is 0 Å². The molecule has 16 heavy (non-hydrogen) atoms. The second kappa shape index (κ2) is 6.24. The fourth-order valence-corrected chi connectivity index (χ4v) is 3.01. The topological polar surface area (TPSA) is 12.9 Å². The summed E-state index contributed by atoms with van der Waals surface area (Å²) in [6, 6.07) is 4.15. The van der Waals surface area contributed by atoms with E-state index >= 15 is 0 Å². The molecule has 1 aromatic rings. The Morgan fingerprint density at radius 2 is 1.75 bits per heavy atom. The minimum atomic E-state index is 0.306. The van der Waals surface area contributed by atoms with Crippen LogP contribution in [-0.4, -0.2) is 10.4 Å². The summed E-state index contributed by atoms with van der Waals surface area (Å²) in [6.45, 7) is 0. The SMILES string of the molecule is ClC(Cc1ccncc1)C1CCCCCC1. The van der Waals surface area contributed by atoms with Gasteiger partial charge in [0.25, 0.3) is 0 Å². The van der Waals surface area contributed by atoms with Crippen molar-refractivity contribution in [2.24, 2.45) is 5.92 Å². The lowest BCUT2D eigenvalue weighted by atomic mass is 9.92. The highest BCUT2D eigenvalue weighted by Gasteiger charge is 2.20.